The van der Waals surface area contributed by atoms with E-state index in [9.17, 15) is 41.3 Å². The predicted molar refractivity (Wildman–Crippen MR) is 106 cm³/mol. The van der Waals surface area contributed by atoms with Crippen LogP contribution in [-0.4, -0.2) is 20.6 Å². The summed E-state index contributed by atoms with van der Waals surface area (Å²) in [4.78, 5) is 22.8. The van der Waals surface area contributed by atoms with E-state index in [1.165, 1.54) is 6.07 Å². The van der Waals surface area contributed by atoms with Gasteiger partial charge in [0.1, 0.15) is 16.5 Å². The lowest BCUT2D eigenvalue weighted by Crippen LogP contribution is -2.13. The molecule has 3 rings (SSSR count). The van der Waals surface area contributed by atoms with Gasteiger partial charge < -0.3 is 10.1 Å². The number of halogens is 7. The van der Waals surface area contributed by atoms with Crippen molar-refractivity contribution in [1.29, 1.82) is 0 Å². The first kappa shape index (κ1) is 24.8. The summed E-state index contributed by atoms with van der Waals surface area (Å²) in [6.07, 6.45) is -9.58. The van der Waals surface area contributed by atoms with E-state index in [0.717, 1.165) is 37.4 Å². The molecule has 15 heteroatoms. The highest BCUT2D eigenvalue weighted by atomic mass is 35.5. The molecule has 1 heterocycles. The van der Waals surface area contributed by atoms with Crippen LogP contribution in [0.1, 0.15) is 21.7 Å². The third-order valence-corrected chi connectivity index (χ3v) is 4.59. The molecule has 8 nitrogen and oxygen atoms in total. The predicted octanol–water partition coefficient (Wildman–Crippen LogP) is 6.06. The molecule has 3 aromatic rings. The van der Waals surface area contributed by atoms with Gasteiger partial charge in [0.15, 0.2) is 11.4 Å². The number of nitrogens with zero attached hydrogens (tertiary/aromatic N) is 3. The number of benzene rings is 2. The maximum Gasteiger partial charge on any atom is 0.434 e. The molecule has 0 saturated carbocycles. The molecule has 0 aliphatic heterocycles. The van der Waals surface area contributed by atoms with Crippen LogP contribution in [0, 0.1) is 10.1 Å². The summed E-state index contributed by atoms with van der Waals surface area (Å²) in [6, 6.07) is 6.43. The Labute approximate surface area is 190 Å². The lowest BCUT2D eigenvalue weighted by molar-refractivity contribution is -0.384. The lowest BCUT2D eigenvalue weighted by Gasteiger charge is -2.11. The number of carbonyl (C=O) groups excluding carboxylic acids is 1. The average molecular weight is 509 g/mol. The first-order chi connectivity index (χ1) is 15.7. The minimum atomic E-state index is -4.91. The number of nitro benzene ring substituents is 1. The molecule has 0 unspecified atom stereocenters. The second-order valence-corrected chi connectivity index (χ2v) is 7.07. The van der Waals surface area contributed by atoms with Gasteiger partial charge in [-0.05, 0) is 18.2 Å². The van der Waals surface area contributed by atoms with Crippen LogP contribution in [0.15, 0.2) is 42.5 Å². The highest BCUT2D eigenvalue weighted by molar-refractivity contribution is 6.34. The molecule has 0 bridgehead atoms. The van der Waals surface area contributed by atoms with Gasteiger partial charge in [-0.1, -0.05) is 17.7 Å². The van der Waals surface area contributed by atoms with Gasteiger partial charge in [0, 0.05) is 19.2 Å². The fourth-order valence-electron chi connectivity index (χ4n) is 2.83. The van der Waals surface area contributed by atoms with Crippen molar-refractivity contribution in [3.63, 3.8) is 0 Å². The van der Waals surface area contributed by atoms with Crippen molar-refractivity contribution in [2.24, 2.45) is 7.05 Å². The van der Waals surface area contributed by atoms with Crippen LogP contribution in [0.3, 0.4) is 0 Å². The minimum Gasteiger partial charge on any atom is -0.457 e. The lowest BCUT2D eigenvalue weighted by atomic mass is 10.2. The van der Waals surface area contributed by atoms with Crippen molar-refractivity contribution < 1.29 is 40.8 Å². The monoisotopic (exact) mass is 508 g/mol. The van der Waals surface area contributed by atoms with Gasteiger partial charge in [-0.3, -0.25) is 19.6 Å². The number of ether oxygens (including phenoxy) is 1. The summed E-state index contributed by atoms with van der Waals surface area (Å²) in [5, 5.41) is 15.8. The molecule has 0 radical (unpaired) electrons. The van der Waals surface area contributed by atoms with Gasteiger partial charge >= 0.3 is 12.4 Å². The number of amides is 1. The maximum atomic E-state index is 13.1. The number of carbonyl (C=O) groups is 1. The Morgan fingerprint density at radius 3 is 2.32 bits per heavy atom. The van der Waals surface area contributed by atoms with Crippen molar-refractivity contribution in [3.8, 4) is 11.5 Å². The molecule has 1 N–H and O–H groups in total. The Morgan fingerprint density at radius 1 is 1.09 bits per heavy atom. The Bertz CT molecular complexity index is 1270. The summed E-state index contributed by atoms with van der Waals surface area (Å²) in [7, 11) is 0.917. The van der Waals surface area contributed by atoms with Crippen LogP contribution in [0.4, 0.5) is 37.7 Å². The van der Waals surface area contributed by atoms with Gasteiger partial charge in [-0.15, -0.1) is 0 Å². The van der Waals surface area contributed by atoms with Crippen LogP contribution in [-0.2, 0) is 19.4 Å². The fraction of sp³-hybridized carbons (Fsp3) is 0.158. The average Bonchev–Trinajstić information content (AvgIpc) is 3.01. The molecule has 0 aliphatic rings. The second-order valence-electron chi connectivity index (χ2n) is 6.69. The molecular formula is C19H11ClF6N4O4. The number of nitro groups is 1. The van der Waals surface area contributed by atoms with E-state index in [1.807, 2.05) is 0 Å². The number of anilines is 1. The number of aryl methyl sites for hydroxylation is 1. The fourth-order valence-corrected chi connectivity index (χ4v) is 3.19. The first-order valence-corrected chi connectivity index (χ1v) is 9.30. The van der Waals surface area contributed by atoms with Crippen LogP contribution in [0.5, 0.6) is 11.5 Å². The standard InChI is InChI=1S/C19H11ClF6N4O4/c1-29-16(19(24,25)26)14(20)15(28-29)17(31)27-10-6-11(30(32)33)8-13(7-10)34-12-4-2-3-9(5-12)18(21,22)23/h2-8H,1H3,(H,27,31). The van der Waals surface area contributed by atoms with Gasteiger partial charge in [-0.25, -0.2) is 0 Å². The number of hydrogen-bond donors (Lipinski definition) is 1. The molecule has 2 aromatic carbocycles. The van der Waals surface area contributed by atoms with Crippen molar-refractivity contribution in [1.82, 2.24) is 9.78 Å². The van der Waals surface area contributed by atoms with Crippen LogP contribution in [0.2, 0.25) is 5.02 Å². The Morgan fingerprint density at radius 2 is 1.76 bits per heavy atom. The highest BCUT2D eigenvalue weighted by Gasteiger charge is 2.40. The van der Waals surface area contributed by atoms with Crippen molar-refractivity contribution in [3.05, 3.63) is 74.6 Å². The second kappa shape index (κ2) is 8.85. The van der Waals surface area contributed by atoms with Crippen LogP contribution in [0.25, 0.3) is 0 Å². The maximum absolute atomic E-state index is 13.1. The molecular weight excluding hydrogens is 498 g/mol. The number of rotatable bonds is 5. The van der Waals surface area contributed by atoms with E-state index in [4.69, 9.17) is 16.3 Å². The summed E-state index contributed by atoms with van der Waals surface area (Å²) in [5.74, 6) is -1.86. The Hall–Kier alpha value is -3.81. The van der Waals surface area contributed by atoms with Crippen molar-refractivity contribution in [2.75, 3.05) is 5.32 Å². The highest BCUT2D eigenvalue weighted by Crippen LogP contribution is 2.37. The molecule has 34 heavy (non-hydrogen) atoms. The van der Waals surface area contributed by atoms with Gasteiger partial charge in [0.05, 0.1) is 22.2 Å². The van der Waals surface area contributed by atoms with Gasteiger partial charge in [0.2, 0.25) is 0 Å². The molecule has 0 saturated heterocycles. The van der Waals surface area contributed by atoms with E-state index in [0.29, 0.717) is 10.7 Å². The van der Waals surface area contributed by atoms with Crippen molar-refractivity contribution in [2.45, 2.75) is 12.4 Å². The zero-order chi connectivity index (χ0) is 25.4. The molecule has 0 atom stereocenters. The normalized spacial score (nSPS) is 11.9. The smallest absolute Gasteiger partial charge is 0.434 e. The van der Waals surface area contributed by atoms with Crippen molar-refractivity contribution >= 4 is 28.9 Å². The number of nitrogens with one attached hydrogen (secondary N) is 1. The number of alkyl halides is 6. The topological polar surface area (TPSA) is 99.3 Å². The minimum absolute atomic E-state index is 0.309. The first-order valence-electron chi connectivity index (χ1n) is 8.92. The van der Waals surface area contributed by atoms with E-state index in [1.54, 1.807) is 0 Å². The molecule has 1 aromatic heterocycles. The summed E-state index contributed by atoms with van der Waals surface area (Å²) in [5.41, 5.74) is -4.15. The molecule has 0 spiro atoms. The number of hydrogen-bond acceptors (Lipinski definition) is 5. The van der Waals surface area contributed by atoms with Gasteiger partial charge in [-0.2, -0.15) is 31.4 Å². The molecule has 0 aliphatic carbocycles. The Balaban J connectivity index is 1.93. The third-order valence-electron chi connectivity index (χ3n) is 4.23. The van der Waals surface area contributed by atoms with E-state index < -0.39 is 50.8 Å². The largest absolute Gasteiger partial charge is 0.457 e. The summed E-state index contributed by atoms with van der Waals surface area (Å²) >= 11 is 5.66. The van der Waals surface area contributed by atoms with E-state index in [-0.39, 0.29) is 17.2 Å². The third kappa shape index (κ3) is 5.39. The van der Waals surface area contributed by atoms with E-state index in [2.05, 4.69) is 10.4 Å². The van der Waals surface area contributed by atoms with Crippen LogP contribution < -0.4 is 10.1 Å². The summed E-state index contributed by atoms with van der Waals surface area (Å²) < 4.78 is 83.6. The number of aromatic nitrogens is 2. The quantitative estimate of drug-likeness (QED) is 0.256. The van der Waals surface area contributed by atoms with Crippen LogP contribution >= 0.6 is 11.6 Å². The van der Waals surface area contributed by atoms with Gasteiger partial charge in [0.25, 0.3) is 11.6 Å². The summed E-state index contributed by atoms with van der Waals surface area (Å²) in [6.45, 7) is 0. The molecule has 0 fully saturated rings. The number of non-ortho nitro benzene ring substituents is 1. The molecule has 1 amide bonds. The zero-order valence-electron chi connectivity index (χ0n) is 16.7. The Kier molecular flexibility index (Phi) is 6.46. The SMILES string of the molecule is Cn1nc(C(=O)Nc2cc(Oc3cccc(C(F)(F)F)c3)cc([N+](=O)[O-])c2)c(Cl)c1C(F)(F)F. The van der Waals surface area contributed by atoms with E-state index >= 15 is 0 Å². The molecule has 180 valence electrons. The zero-order valence-corrected chi connectivity index (χ0v) is 17.4.